The minimum atomic E-state index is -0.758. The Morgan fingerprint density at radius 3 is 2.48 bits per heavy atom. The lowest BCUT2D eigenvalue weighted by Gasteiger charge is -2.16. The molecule has 4 rings (SSSR count). The number of halogens is 1. The molecular formula is C23H20FN5OS. The molecule has 1 atom stereocenters. The van der Waals surface area contributed by atoms with Gasteiger partial charge in [-0.3, -0.25) is 14.3 Å². The molecule has 31 heavy (non-hydrogen) atoms. The van der Waals surface area contributed by atoms with Gasteiger partial charge in [-0.2, -0.15) is 0 Å². The van der Waals surface area contributed by atoms with Gasteiger partial charge in [0, 0.05) is 6.20 Å². The maximum Gasteiger partial charge on any atom is 0.235 e. The zero-order valence-corrected chi connectivity index (χ0v) is 17.8. The van der Waals surface area contributed by atoms with Crippen molar-refractivity contribution >= 4 is 17.7 Å². The molecule has 0 spiro atoms. The molecule has 0 fully saturated rings. The highest BCUT2D eigenvalue weighted by Gasteiger charge is 2.26. The molecule has 0 radical (unpaired) electrons. The minimum absolute atomic E-state index is 0.382. The van der Waals surface area contributed by atoms with Crippen molar-refractivity contribution in [3.63, 3.8) is 0 Å². The van der Waals surface area contributed by atoms with Crippen molar-refractivity contribution in [2.45, 2.75) is 24.3 Å². The third-order valence-corrected chi connectivity index (χ3v) is 5.99. The highest BCUT2D eigenvalue weighted by atomic mass is 32.2. The quantitative estimate of drug-likeness (QED) is 0.455. The standard InChI is InChI=1S/C23H20FN5OS/c1-14-6-11-19(15(2)13-14)29-22(18-5-3-4-12-26-18)27-28-23(29)31-20(21(25)30)16-7-9-17(24)10-8-16/h3-13,20H,1-2H3,(H2,25,30). The van der Waals surface area contributed by atoms with Crippen molar-refractivity contribution in [1.82, 2.24) is 19.7 Å². The number of rotatable bonds is 6. The van der Waals surface area contributed by atoms with Gasteiger partial charge in [0.05, 0.1) is 5.69 Å². The van der Waals surface area contributed by atoms with Gasteiger partial charge in [0.25, 0.3) is 0 Å². The fourth-order valence-electron chi connectivity index (χ4n) is 3.31. The van der Waals surface area contributed by atoms with Crippen LogP contribution in [0.25, 0.3) is 17.2 Å². The lowest BCUT2D eigenvalue weighted by Crippen LogP contribution is -2.19. The topological polar surface area (TPSA) is 86.7 Å². The SMILES string of the molecule is Cc1ccc(-n2c(SC(C(N)=O)c3ccc(F)cc3)nnc2-c2ccccn2)c(C)c1. The molecule has 1 unspecified atom stereocenters. The van der Waals surface area contributed by atoms with Crippen molar-refractivity contribution in [2.75, 3.05) is 0 Å². The van der Waals surface area contributed by atoms with Crippen molar-refractivity contribution in [2.24, 2.45) is 5.73 Å². The number of amides is 1. The maximum absolute atomic E-state index is 13.4. The summed E-state index contributed by atoms with van der Waals surface area (Å²) in [6, 6.07) is 17.3. The third kappa shape index (κ3) is 4.34. The number of pyridine rings is 1. The van der Waals surface area contributed by atoms with Crippen LogP contribution in [0.4, 0.5) is 4.39 Å². The number of hydrogen-bond acceptors (Lipinski definition) is 5. The number of thioether (sulfide) groups is 1. The molecule has 0 saturated carbocycles. The molecule has 2 heterocycles. The molecule has 8 heteroatoms. The van der Waals surface area contributed by atoms with Crippen LogP contribution in [0.5, 0.6) is 0 Å². The Morgan fingerprint density at radius 1 is 1.06 bits per heavy atom. The van der Waals surface area contributed by atoms with Crippen LogP contribution in [0.1, 0.15) is 21.9 Å². The van der Waals surface area contributed by atoms with Gasteiger partial charge in [-0.25, -0.2) is 4.39 Å². The van der Waals surface area contributed by atoms with Crippen LogP contribution in [0.2, 0.25) is 0 Å². The average molecular weight is 434 g/mol. The van der Waals surface area contributed by atoms with E-state index in [0.29, 0.717) is 22.2 Å². The van der Waals surface area contributed by atoms with Crippen LogP contribution in [0.15, 0.2) is 72.0 Å². The minimum Gasteiger partial charge on any atom is -0.368 e. The van der Waals surface area contributed by atoms with E-state index in [4.69, 9.17) is 5.73 Å². The summed E-state index contributed by atoms with van der Waals surface area (Å²) in [5.74, 6) is -0.378. The van der Waals surface area contributed by atoms with Gasteiger partial charge in [0.2, 0.25) is 5.91 Å². The zero-order chi connectivity index (χ0) is 22.0. The molecule has 2 aromatic carbocycles. The first-order valence-electron chi connectivity index (χ1n) is 9.60. The van der Waals surface area contributed by atoms with Gasteiger partial charge < -0.3 is 5.73 Å². The smallest absolute Gasteiger partial charge is 0.235 e. The Balaban J connectivity index is 1.85. The Hall–Kier alpha value is -3.52. The second kappa shape index (κ2) is 8.69. The van der Waals surface area contributed by atoms with Crippen LogP contribution in [-0.2, 0) is 4.79 Å². The van der Waals surface area contributed by atoms with E-state index < -0.39 is 11.2 Å². The maximum atomic E-state index is 13.4. The number of benzene rings is 2. The first kappa shape index (κ1) is 20.7. The summed E-state index contributed by atoms with van der Waals surface area (Å²) in [4.78, 5) is 16.7. The lowest BCUT2D eigenvalue weighted by molar-refractivity contribution is -0.117. The van der Waals surface area contributed by atoms with Crippen LogP contribution in [0.3, 0.4) is 0 Å². The predicted octanol–water partition coefficient (Wildman–Crippen LogP) is 4.40. The number of nitrogens with two attached hydrogens (primary N) is 1. The summed E-state index contributed by atoms with van der Waals surface area (Å²) in [6.45, 7) is 4.03. The molecule has 2 N–H and O–H groups in total. The Labute approximate surface area is 183 Å². The van der Waals surface area contributed by atoms with Crippen molar-refractivity contribution in [3.05, 3.63) is 89.4 Å². The molecule has 2 aromatic heterocycles. The fraction of sp³-hybridized carbons (Fsp3) is 0.130. The summed E-state index contributed by atoms with van der Waals surface area (Å²) in [7, 11) is 0. The van der Waals surface area contributed by atoms with Crippen molar-refractivity contribution in [1.29, 1.82) is 0 Å². The Bertz CT molecular complexity index is 1220. The molecule has 0 aliphatic carbocycles. The molecule has 1 amide bonds. The second-order valence-electron chi connectivity index (χ2n) is 7.10. The van der Waals surface area contributed by atoms with E-state index in [9.17, 15) is 9.18 Å². The van der Waals surface area contributed by atoms with Gasteiger partial charge in [-0.15, -0.1) is 10.2 Å². The van der Waals surface area contributed by atoms with E-state index in [1.807, 2.05) is 48.7 Å². The lowest BCUT2D eigenvalue weighted by atomic mass is 10.1. The average Bonchev–Trinajstić information content (AvgIpc) is 3.16. The fourth-order valence-corrected chi connectivity index (χ4v) is 4.31. The van der Waals surface area contributed by atoms with Gasteiger partial charge in [0.15, 0.2) is 11.0 Å². The summed E-state index contributed by atoms with van der Waals surface area (Å²) < 4.78 is 15.3. The molecule has 0 bridgehead atoms. The summed E-state index contributed by atoms with van der Waals surface area (Å²) in [6.07, 6.45) is 1.69. The highest BCUT2D eigenvalue weighted by Crippen LogP contribution is 2.37. The number of primary amides is 1. The van der Waals surface area contributed by atoms with Gasteiger partial charge in [-0.1, -0.05) is 47.7 Å². The van der Waals surface area contributed by atoms with Crippen molar-refractivity contribution < 1.29 is 9.18 Å². The number of aryl methyl sites for hydroxylation is 2. The van der Waals surface area contributed by atoms with Crippen LogP contribution in [0, 0.1) is 19.7 Å². The summed E-state index contributed by atoms with van der Waals surface area (Å²) >= 11 is 1.17. The second-order valence-corrected chi connectivity index (χ2v) is 8.17. The van der Waals surface area contributed by atoms with E-state index >= 15 is 0 Å². The van der Waals surface area contributed by atoms with Crippen LogP contribution in [-0.4, -0.2) is 25.7 Å². The predicted molar refractivity (Wildman–Crippen MR) is 118 cm³/mol. The van der Waals surface area contributed by atoms with Crippen LogP contribution < -0.4 is 5.73 Å². The number of hydrogen-bond donors (Lipinski definition) is 1. The number of carbonyl (C=O) groups is 1. The number of nitrogens with zero attached hydrogens (tertiary/aromatic N) is 4. The third-order valence-electron chi connectivity index (χ3n) is 4.77. The van der Waals surface area contributed by atoms with E-state index in [0.717, 1.165) is 16.8 Å². The highest BCUT2D eigenvalue weighted by molar-refractivity contribution is 8.00. The molecule has 0 aliphatic heterocycles. The summed E-state index contributed by atoms with van der Waals surface area (Å²) in [5.41, 5.74) is 9.96. The van der Waals surface area contributed by atoms with Crippen LogP contribution >= 0.6 is 11.8 Å². The Kier molecular flexibility index (Phi) is 5.81. The van der Waals surface area contributed by atoms with Gasteiger partial charge in [0.1, 0.15) is 16.8 Å². The molecule has 4 aromatic rings. The zero-order valence-electron chi connectivity index (χ0n) is 17.0. The number of aromatic nitrogens is 4. The van der Waals surface area contributed by atoms with E-state index in [-0.39, 0.29) is 5.82 Å². The first-order valence-corrected chi connectivity index (χ1v) is 10.5. The Morgan fingerprint density at radius 2 is 1.84 bits per heavy atom. The monoisotopic (exact) mass is 433 g/mol. The summed E-state index contributed by atoms with van der Waals surface area (Å²) in [5, 5.41) is 8.44. The molecule has 6 nitrogen and oxygen atoms in total. The molecule has 0 aliphatic rings. The van der Waals surface area contributed by atoms with E-state index in [1.54, 1.807) is 18.3 Å². The molecular weight excluding hydrogens is 413 g/mol. The van der Waals surface area contributed by atoms with Gasteiger partial charge >= 0.3 is 0 Å². The first-order chi connectivity index (χ1) is 14.9. The van der Waals surface area contributed by atoms with E-state index in [1.165, 1.54) is 23.9 Å². The van der Waals surface area contributed by atoms with Crippen molar-refractivity contribution in [3.8, 4) is 17.2 Å². The number of carbonyl (C=O) groups excluding carboxylic acids is 1. The van der Waals surface area contributed by atoms with Gasteiger partial charge in [-0.05, 0) is 55.3 Å². The largest absolute Gasteiger partial charge is 0.368 e. The molecule has 156 valence electrons. The molecule has 0 saturated heterocycles. The van der Waals surface area contributed by atoms with E-state index in [2.05, 4.69) is 21.2 Å². The normalized spacial score (nSPS) is 12.0.